The van der Waals surface area contributed by atoms with E-state index < -0.39 is 5.60 Å². The van der Waals surface area contributed by atoms with Crippen molar-refractivity contribution in [2.45, 2.75) is 19.4 Å². The average Bonchev–Trinajstić information content (AvgIpc) is 3.15. The smallest absolute Gasteiger partial charge is 0.268 e. The molecule has 0 aliphatic heterocycles. The van der Waals surface area contributed by atoms with Crippen LogP contribution < -0.4 is 10.1 Å². The zero-order chi connectivity index (χ0) is 21.3. The van der Waals surface area contributed by atoms with Crippen molar-refractivity contribution in [3.8, 4) is 16.3 Å². The van der Waals surface area contributed by atoms with E-state index in [0.717, 1.165) is 20.8 Å². The highest BCUT2D eigenvalue weighted by molar-refractivity contribution is 7.21. The number of thiazole rings is 1. The number of para-hydroxylation sites is 1. The molecule has 0 aliphatic rings. The molecule has 1 amide bonds. The number of rotatable bonds is 5. The number of hydrogen-bond donors (Lipinski definition) is 1. The summed E-state index contributed by atoms with van der Waals surface area (Å²) in [7, 11) is 0. The van der Waals surface area contributed by atoms with Crippen molar-refractivity contribution in [1.82, 2.24) is 4.98 Å². The van der Waals surface area contributed by atoms with Crippen molar-refractivity contribution in [1.29, 1.82) is 0 Å². The Morgan fingerprint density at radius 2 is 1.77 bits per heavy atom. The lowest BCUT2D eigenvalue weighted by Gasteiger charge is -2.25. The fourth-order valence-electron chi connectivity index (χ4n) is 2.87. The molecule has 0 unspecified atom stereocenters. The van der Waals surface area contributed by atoms with Crippen LogP contribution in [0.1, 0.15) is 13.8 Å². The van der Waals surface area contributed by atoms with Gasteiger partial charge in [-0.3, -0.25) is 4.79 Å². The standard InChI is InChI=1S/C23H18Cl2N2O2S/c1-23(2,29-16-10-8-15(24)9-11-16)22(28)27-19-13-14(7-12-17(19)25)21-26-18-5-3-4-6-20(18)30-21/h3-13H,1-2H3,(H,27,28). The number of fused-ring (bicyclic) bond motifs is 1. The number of nitrogens with one attached hydrogen (secondary N) is 1. The second-order valence-electron chi connectivity index (χ2n) is 7.20. The van der Waals surface area contributed by atoms with Gasteiger partial charge >= 0.3 is 0 Å². The molecular weight excluding hydrogens is 439 g/mol. The number of anilines is 1. The summed E-state index contributed by atoms with van der Waals surface area (Å²) in [5, 5.41) is 4.78. The lowest BCUT2D eigenvalue weighted by Crippen LogP contribution is -2.42. The van der Waals surface area contributed by atoms with Crippen LogP contribution in [0.5, 0.6) is 5.75 Å². The number of carbonyl (C=O) groups excluding carboxylic acids is 1. The highest BCUT2D eigenvalue weighted by Gasteiger charge is 2.30. The zero-order valence-electron chi connectivity index (χ0n) is 16.3. The van der Waals surface area contributed by atoms with Crippen LogP contribution in [0.4, 0.5) is 5.69 Å². The maximum atomic E-state index is 12.9. The van der Waals surface area contributed by atoms with Gasteiger partial charge in [-0.1, -0.05) is 41.4 Å². The average molecular weight is 457 g/mol. The molecule has 30 heavy (non-hydrogen) atoms. The number of benzene rings is 3. The van der Waals surface area contributed by atoms with Crippen LogP contribution in [-0.2, 0) is 4.79 Å². The number of halogens is 2. The monoisotopic (exact) mass is 456 g/mol. The van der Waals surface area contributed by atoms with Gasteiger partial charge in [-0.2, -0.15) is 0 Å². The number of amides is 1. The minimum Gasteiger partial charge on any atom is -0.478 e. The van der Waals surface area contributed by atoms with Gasteiger partial charge in [0.05, 0.1) is 20.9 Å². The quantitative estimate of drug-likeness (QED) is 0.349. The molecule has 3 aromatic carbocycles. The molecule has 4 rings (SSSR count). The Morgan fingerprint density at radius 3 is 2.50 bits per heavy atom. The molecule has 4 aromatic rings. The largest absolute Gasteiger partial charge is 0.478 e. The van der Waals surface area contributed by atoms with Crippen LogP contribution in [0.2, 0.25) is 10.0 Å². The SMILES string of the molecule is CC(C)(Oc1ccc(Cl)cc1)C(=O)Nc1cc(-c2nc3ccccc3s2)ccc1Cl. The maximum Gasteiger partial charge on any atom is 0.268 e. The normalized spacial score (nSPS) is 11.5. The number of aromatic nitrogens is 1. The van der Waals surface area contributed by atoms with E-state index in [-0.39, 0.29) is 5.91 Å². The molecule has 0 aliphatic carbocycles. The Bertz CT molecular complexity index is 1190. The van der Waals surface area contributed by atoms with Gasteiger partial charge in [-0.25, -0.2) is 4.98 Å². The van der Waals surface area contributed by atoms with Gasteiger partial charge in [0.25, 0.3) is 5.91 Å². The van der Waals surface area contributed by atoms with E-state index in [2.05, 4.69) is 10.3 Å². The Hall–Kier alpha value is -2.60. The molecule has 1 N–H and O–H groups in total. The van der Waals surface area contributed by atoms with Crippen molar-refractivity contribution in [3.63, 3.8) is 0 Å². The molecule has 7 heteroatoms. The Kier molecular flexibility index (Phi) is 5.69. The molecule has 0 atom stereocenters. The van der Waals surface area contributed by atoms with Gasteiger partial charge in [0.1, 0.15) is 10.8 Å². The number of hydrogen-bond acceptors (Lipinski definition) is 4. The second kappa shape index (κ2) is 8.26. The maximum absolute atomic E-state index is 12.9. The topological polar surface area (TPSA) is 51.2 Å². The summed E-state index contributed by atoms with van der Waals surface area (Å²) in [6.45, 7) is 3.39. The number of nitrogens with zero attached hydrogens (tertiary/aromatic N) is 1. The Labute approximate surface area is 188 Å². The summed E-state index contributed by atoms with van der Waals surface area (Å²) >= 11 is 13.8. The summed E-state index contributed by atoms with van der Waals surface area (Å²) in [4.78, 5) is 17.6. The highest BCUT2D eigenvalue weighted by Crippen LogP contribution is 2.34. The van der Waals surface area contributed by atoms with Gasteiger partial charge in [-0.15, -0.1) is 11.3 Å². The summed E-state index contributed by atoms with van der Waals surface area (Å²) in [6, 6.07) is 20.3. The van der Waals surface area contributed by atoms with E-state index in [4.69, 9.17) is 27.9 Å². The second-order valence-corrected chi connectivity index (χ2v) is 9.08. The van der Waals surface area contributed by atoms with E-state index in [1.54, 1.807) is 55.5 Å². The van der Waals surface area contributed by atoms with Gasteiger partial charge < -0.3 is 10.1 Å². The fraction of sp³-hybridized carbons (Fsp3) is 0.130. The van der Waals surface area contributed by atoms with Crippen molar-refractivity contribution in [2.75, 3.05) is 5.32 Å². The van der Waals surface area contributed by atoms with E-state index >= 15 is 0 Å². The van der Waals surface area contributed by atoms with Crippen molar-refractivity contribution in [3.05, 3.63) is 76.8 Å². The van der Waals surface area contributed by atoms with Gasteiger partial charge in [0.2, 0.25) is 0 Å². The first-order valence-electron chi connectivity index (χ1n) is 9.23. The molecule has 0 saturated carbocycles. The first kappa shape index (κ1) is 20.7. The zero-order valence-corrected chi connectivity index (χ0v) is 18.6. The summed E-state index contributed by atoms with van der Waals surface area (Å²) in [6.07, 6.45) is 0. The van der Waals surface area contributed by atoms with Crippen molar-refractivity contribution < 1.29 is 9.53 Å². The number of carbonyl (C=O) groups is 1. The molecule has 0 bridgehead atoms. The van der Waals surface area contributed by atoms with Crippen LogP contribution in [0.3, 0.4) is 0 Å². The molecular formula is C23H18Cl2N2O2S. The minimum absolute atomic E-state index is 0.319. The van der Waals surface area contributed by atoms with Crippen LogP contribution in [0, 0.1) is 0 Å². The summed E-state index contributed by atoms with van der Waals surface area (Å²) in [5.41, 5.74) is 1.21. The third-order valence-electron chi connectivity index (χ3n) is 4.49. The lowest BCUT2D eigenvalue weighted by molar-refractivity contribution is -0.128. The van der Waals surface area contributed by atoms with Gasteiger partial charge in [0, 0.05) is 10.6 Å². The fourth-order valence-corrected chi connectivity index (χ4v) is 4.12. The number of ether oxygens (including phenoxy) is 1. The molecule has 4 nitrogen and oxygen atoms in total. The Balaban J connectivity index is 1.56. The third-order valence-corrected chi connectivity index (χ3v) is 6.16. The summed E-state index contributed by atoms with van der Waals surface area (Å²) in [5.74, 6) is 0.231. The molecule has 1 aromatic heterocycles. The minimum atomic E-state index is -1.12. The molecule has 1 heterocycles. The summed E-state index contributed by atoms with van der Waals surface area (Å²) < 4.78 is 6.96. The molecule has 152 valence electrons. The predicted molar refractivity (Wildman–Crippen MR) is 125 cm³/mol. The molecule has 0 saturated heterocycles. The van der Waals surface area contributed by atoms with Crippen LogP contribution >= 0.6 is 34.5 Å². The van der Waals surface area contributed by atoms with E-state index in [9.17, 15) is 4.79 Å². The molecule has 0 fully saturated rings. The van der Waals surface area contributed by atoms with Crippen LogP contribution in [-0.4, -0.2) is 16.5 Å². The molecule has 0 spiro atoms. The van der Waals surface area contributed by atoms with Crippen molar-refractivity contribution in [2.24, 2.45) is 0 Å². The van der Waals surface area contributed by atoms with E-state index in [1.807, 2.05) is 36.4 Å². The van der Waals surface area contributed by atoms with Gasteiger partial charge in [0.15, 0.2) is 5.60 Å². The van der Waals surface area contributed by atoms with Crippen LogP contribution in [0.15, 0.2) is 66.7 Å². The first-order valence-corrected chi connectivity index (χ1v) is 10.8. The third kappa shape index (κ3) is 4.43. The van der Waals surface area contributed by atoms with E-state index in [0.29, 0.717) is 21.5 Å². The predicted octanol–water partition coefficient (Wildman–Crippen LogP) is 7.07. The highest BCUT2D eigenvalue weighted by atomic mass is 35.5. The lowest BCUT2D eigenvalue weighted by atomic mass is 10.1. The molecule has 0 radical (unpaired) electrons. The first-order chi connectivity index (χ1) is 14.3. The van der Waals surface area contributed by atoms with E-state index in [1.165, 1.54) is 0 Å². The van der Waals surface area contributed by atoms with Crippen molar-refractivity contribution >= 4 is 56.3 Å². The van der Waals surface area contributed by atoms with Crippen LogP contribution in [0.25, 0.3) is 20.8 Å². The Morgan fingerprint density at radius 1 is 1.03 bits per heavy atom. The van der Waals surface area contributed by atoms with Gasteiger partial charge in [-0.05, 0) is 62.4 Å².